The minimum atomic E-state index is -1.76. The molecule has 3 amide bonds. The van der Waals surface area contributed by atoms with Crippen molar-refractivity contribution in [2.24, 2.45) is 0 Å². The monoisotopic (exact) mass is 702 g/mol. The third-order valence-corrected chi connectivity index (χ3v) is 7.52. The molecule has 1 N–H and O–H groups in total. The molecule has 1 aliphatic heterocycles. The number of carbonyl (C=O) groups excluding carboxylic acids is 3. The number of rotatable bonds is 9. The molecule has 0 aromatic heterocycles. The molecule has 1 heterocycles. The van der Waals surface area contributed by atoms with Crippen LogP contribution in [0, 0.1) is 21.0 Å². The summed E-state index contributed by atoms with van der Waals surface area (Å²) in [6.07, 6.45) is 1.47. The van der Waals surface area contributed by atoms with Gasteiger partial charge in [-0.15, -0.1) is 0 Å². The van der Waals surface area contributed by atoms with Crippen LogP contribution in [0.15, 0.2) is 53.4 Å². The molecule has 3 aromatic rings. The first-order valence-corrected chi connectivity index (χ1v) is 13.9. The molecule has 0 atom stereocenters. The van der Waals surface area contributed by atoms with Crippen molar-refractivity contribution >= 4 is 74.8 Å². The van der Waals surface area contributed by atoms with E-state index >= 15 is 0 Å². The molecule has 0 unspecified atom stereocenters. The molecule has 3 aromatic carbocycles. The van der Waals surface area contributed by atoms with Gasteiger partial charge in [0.2, 0.25) is 5.91 Å². The van der Waals surface area contributed by atoms with Crippen LogP contribution in [0.1, 0.15) is 18.1 Å². The second kappa shape index (κ2) is 13.0. The first kappa shape index (κ1) is 29.7. The van der Waals surface area contributed by atoms with Crippen LogP contribution < -0.4 is 14.8 Å². The molecule has 0 radical (unpaired) electrons. The number of carbonyl (C=O) groups is 3. The van der Waals surface area contributed by atoms with Crippen molar-refractivity contribution in [1.29, 1.82) is 0 Å². The fourth-order valence-electron chi connectivity index (χ4n) is 3.58. The van der Waals surface area contributed by atoms with Gasteiger partial charge >= 0.3 is 0 Å². The Kier molecular flexibility index (Phi) is 9.64. The van der Waals surface area contributed by atoms with Gasteiger partial charge in [0, 0.05) is 10.6 Å². The topological polar surface area (TPSA) is 84.9 Å². The summed E-state index contributed by atoms with van der Waals surface area (Å²) in [4.78, 5) is 38.4. The van der Waals surface area contributed by atoms with E-state index in [-0.39, 0.29) is 11.5 Å². The summed E-state index contributed by atoms with van der Waals surface area (Å²) >= 11 is 8.91. The number of hydrogen-bond acceptors (Lipinski definition) is 6. The molecule has 0 saturated carbocycles. The highest BCUT2D eigenvalue weighted by Gasteiger charge is 2.36. The number of thioether (sulfide) groups is 1. The highest BCUT2D eigenvalue weighted by molar-refractivity contribution is 14.1. The largest absolute Gasteiger partial charge is 0.490 e. The van der Waals surface area contributed by atoms with E-state index in [9.17, 15) is 27.6 Å². The van der Waals surface area contributed by atoms with Crippen LogP contribution in [0.5, 0.6) is 11.5 Å². The fraction of sp³-hybridized carbons (Fsp3) is 0.148. The Labute approximate surface area is 249 Å². The molecule has 0 spiro atoms. The van der Waals surface area contributed by atoms with Crippen molar-refractivity contribution in [2.75, 3.05) is 18.5 Å². The Morgan fingerprint density at radius 3 is 2.58 bits per heavy atom. The fourth-order valence-corrected chi connectivity index (χ4v) is 5.39. The number of halogens is 5. The number of benzene rings is 3. The summed E-state index contributed by atoms with van der Waals surface area (Å²) in [5.41, 5.74) is 0.703. The smallest absolute Gasteiger partial charge is 0.294 e. The van der Waals surface area contributed by atoms with Gasteiger partial charge in [-0.3, -0.25) is 19.3 Å². The van der Waals surface area contributed by atoms with Crippen LogP contribution in [0.2, 0.25) is 5.02 Å². The van der Waals surface area contributed by atoms with E-state index in [1.807, 2.05) is 23.5 Å². The molecule has 13 heteroatoms. The van der Waals surface area contributed by atoms with E-state index in [0.717, 1.165) is 11.6 Å². The standard InChI is InChI=1S/C27H19ClF3IN2O5S/c1-2-38-20-10-14(9-18(32)25(20)39-13-15-5-3-4-6-16(15)28)11-21-26(36)34(27(37)40-21)12-22(35)33-19-8-7-17(29)23(30)24(19)31/h3-11H,2,12-13H2,1H3,(H,33,35)/b21-11+. The summed E-state index contributed by atoms with van der Waals surface area (Å²) < 4.78 is 52.9. The Hall–Kier alpha value is -3.23. The third kappa shape index (κ3) is 6.73. The van der Waals surface area contributed by atoms with Gasteiger partial charge in [0.15, 0.2) is 29.0 Å². The Balaban J connectivity index is 1.50. The molecule has 208 valence electrons. The van der Waals surface area contributed by atoms with Gasteiger partial charge < -0.3 is 14.8 Å². The van der Waals surface area contributed by atoms with Crippen LogP contribution in [0.3, 0.4) is 0 Å². The predicted molar refractivity (Wildman–Crippen MR) is 154 cm³/mol. The normalized spacial score (nSPS) is 14.2. The van der Waals surface area contributed by atoms with Gasteiger partial charge in [-0.05, 0) is 83.2 Å². The summed E-state index contributed by atoms with van der Waals surface area (Å²) in [5, 5.41) is 1.87. The number of nitrogens with zero attached hydrogens (tertiary/aromatic N) is 1. The summed E-state index contributed by atoms with van der Waals surface area (Å²) in [5.74, 6) is -5.60. The lowest BCUT2D eigenvalue weighted by Gasteiger charge is -2.15. The molecule has 1 saturated heterocycles. The van der Waals surface area contributed by atoms with Crippen LogP contribution in [-0.4, -0.2) is 35.1 Å². The zero-order valence-corrected chi connectivity index (χ0v) is 24.3. The second-order valence-corrected chi connectivity index (χ2v) is 10.7. The average Bonchev–Trinajstić information content (AvgIpc) is 3.16. The Bertz CT molecular complexity index is 1540. The zero-order valence-electron chi connectivity index (χ0n) is 20.6. The number of imide groups is 1. The molecule has 7 nitrogen and oxygen atoms in total. The second-order valence-electron chi connectivity index (χ2n) is 8.18. The summed E-state index contributed by atoms with van der Waals surface area (Å²) in [6.45, 7) is 1.59. The SMILES string of the molecule is CCOc1cc(/C=C2/SC(=O)N(CC(=O)Nc3ccc(F)c(F)c3F)C2=O)cc(I)c1OCc1ccccc1Cl. The van der Waals surface area contributed by atoms with Crippen molar-refractivity contribution in [2.45, 2.75) is 13.5 Å². The van der Waals surface area contributed by atoms with Crippen molar-refractivity contribution < 1.29 is 37.0 Å². The van der Waals surface area contributed by atoms with Crippen LogP contribution in [-0.2, 0) is 16.2 Å². The van der Waals surface area contributed by atoms with E-state index < -0.39 is 46.7 Å². The van der Waals surface area contributed by atoms with E-state index in [2.05, 4.69) is 22.6 Å². The van der Waals surface area contributed by atoms with Crippen molar-refractivity contribution in [1.82, 2.24) is 4.90 Å². The van der Waals surface area contributed by atoms with Crippen LogP contribution >= 0.6 is 46.0 Å². The molecule has 1 fully saturated rings. The number of ether oxygens (including phenoxy) is 2. The van der Waals surface area contributed by atoms with Gasteiger partial charge in [-0.2, -0.15) is 0 Å². The highest BCUT2D eigenvalue weighted by atomic mass is 127. The maximum absolute atomic E-state index is 13.9. The van der Waals surface area contributed by atoms with Crippen molar-refractivity contribution in [3.63, 3.8) is 0 Å². The average molecular weight is 703 g/mol. The summed E-state index contributed by atoms with van der Waals surface area (Å²) in [6, 6.07) is 12.1. The lowest BCUT2D eigenvalue weighted by Crippen LogP contribution is -2.36. The zero-order chi connectivity index (χ0) is 29.0. The third-order valence-electron chi connectivity index (χ3n) is 5.44. The molecule has 40 heavy (non-hydrogen) atoms. The molecule has 0 aliphatic carbocycles. The molecule has 0 bridgehead atoms. The quantitative estimate of drug-likeness (QED) is 0.147. The predicted octanol–water partition coefficient (Wildman–Crippen LogP) is 7.01. The molecule has 1 aliphatic rings. The maximum Gasteiger partial charge on any atom is 0.294 e. The van der Waals surface area contributed by atoms with Gasteiger partial charge in [0.1, 0.15) is 13.2 Å². The van der Waals surface area contributed by atoms with Gasteiger partial charge in [-0.25, -0.2) is 13.2 Å². The van der Waals surface area contributed by atoms with E-state index in [0.29, 0.717) is 55.0 Å². The van der Waals surface area contributed by atoms with Crippen molar-refractivity contribution in [3.05, 3.63) is 90.6 Å². The van der Waals surface area contributed by atoms with Gasteiger partial charge in [0.05, 0.1) is 20.8 Å². The minimum Gasteiger partial charge on any atom is -0.490 e. The summed E-state index contributed by atoms with van der Waals surface area (Å²) in [7, 11) is 0. The molecular formula is C27H19ClF3IN2O5S. The lowest BCUT2D eigenvalue weighted by molar-refractivity contribution is -0.127. The Morgan fingerprint density at radius 2 is 1.85 bits per heavy atom. The van der Waals surface area contributed by atoms with Gasteiger partial charge in [0.25, 0.3) is 11.1 Å². The number of amides is 3. The van der Waals surface area contributed by atoms with Crippen molar-refractivity contribution in [3.8, 4) is 11.5 Å². The maximum atomic E-state index is 13.9. The van der Waals surface area contributed by atoms with E-state index in [4.69, 9.17) is 21.1 Å². The number of nitrogens with one attached hydrogen (secondary N) is 1. The minimum absolute atomic E-state index is 0.0415. The number of anilines is 1. The lowest BCUT2D eigenvalue weighted by atomic mass is 10.1. The molecule has 4 rings (SSSR count). The number of hydrogen-bond donors (Lipinski definition) is 1. The van der Waals surface area contributed by atoms with E-state index in [1.165, 1.54) is 6.08 Å². The first-order valence-electron chi connectivity index (χ1n) is 11.6. The first-order chi connectivity index (χ1) is 19.1. The van der Waals surface area contributed by atoms with Crippen LogP contribution in [0.25, 0.3) is 6.08 Å². The van der Waals surface area contributed by atoms with E-state index in [1.54, 1.807) is 25.1 Å². The Morgan fingerprint density at radius 1 is 1.10 bits per heavy atom. The van der Waals surface area contributed by atoms with Crippen LogP contribution in [0.4, 0.5) is 23.7 Å². The van der Waals surface area contributed by atoms with Gasteiger partial charge in [-0.1, -0.05) is 29.8 Å². The highest BCUT2D eigenvalue weighted by Crippen LogP contribution is 2.38. The molecular weight excluding hydrogens is 684 g/mol.